The van der Waals surface area contributed by atoms with E-state index in [0.717, 1.165) is 10.3 Å². The average molecular weight is 309 g/mol. The van der Waals surface area contributed by atoms with Gasteiger partial charge in [0, 0.05) is 10.8 Å². The number of hydrogen-bond acceptors (Lipinski definition) is 1. The van der Waals surface area contributed by atoms with E-state index in [1.807, 2.05) is 7.85 Å². The van der Waals surface area contributed by atoms with Crippen LogP contribution in [-0.2, 0) is 0 Å². The molecular weight excluding hydrogens is 299 g/mol. The first-order valence-corrected chi connectivity index (χ1v) is 7.04. The molecule has 0 fully saturated rings. The smallest absolute Gasteiger partial charge is 0.187 e. The molecule has 0 unspecified atom stereocenters. The van der Waals surface area contributed by atoms with Crippen molar-refractivity contribution < 1.29 is 4.42 Å². The van der Waals surface area contributed by atoms with Crippen LogP contribution in [0.3, 0.4) is 0 Å². The maximum Gasteiger partial charge on any atom is 0.187 e. The van der Waals surface area contributed by atoms with Gasteiger partial charge < -0.3 is 4.42 Å². The predicted molar refractivity (Wildman–Crippen MR) is 87.1 cm³/mol. The number of hydrogen-bond donors (Lipinski definition) is 0. The lowest BCUT2D eigenvalue weighted by atomic mass is 9.92. The number of fused-ring (bicyclic) bond motifs is 6. The van der Waals surface area contributed by atoms with Crippen molar-refractivity contribution in [2.75, 3.05) is 0 Å². The van der Waals surface area contributed by atoms with Gasteiger partial charge in [-0.15, -0.1) is 0 Å². The molecule has 4 aromatic rings. The van der Waals surface area contributed by atoms with Crippen molar-refractivity contribution in [2.45, 2.75) is 0 Å². The number of halogens is 1. The normalized spacial score (nSPS) is 11.6. The average Bonchev–Trinajstić information content (AvgIpc) is 2.75. The molecule has 0 atom stereocenters. The van der Waals surface area contributed by atoms with E-state index < -0.39 is 0 Å². The van der Waals surface area contributed by atoms with Crippen LogP contribution in [-0.4, -0.2) is 7.85 Å². The maximum absolute atomic E-state index is 5.80. The summed E-state index contributed by atoms with van der Waals surface area (Å²) in [6.07, 6.45) is 0. The number of furan rings is 1. The van der Waals surface area contributed by atoms with Gasteiger partial charge in [-0.1, -0.05) is 48.5 Å². The van der Waals surface area contributed by atoms with Crippen molar-refractivity contribution in [3.63, 3.8) is 0 Å². The molecule has 1 aromatic heterocycles. The Morgan fingerprint density at radius 2 is 1.21 bits per heavy atom. The Balaban J connectivity index is 2.49. The Labute approximate surface area is 119 Å². The molecule has 0 saturated carbocycles. The molecule has 0 aliphatic rings. The van der Waals surface area contributed by atoms with E-state index in [-0.39, 0.29) is 0 Å². The molecule has 3 aromatic carbocycles. The summed E-state index contributed by atoms with van der Waals surface area (Å²) >= 11 is 3.56. The first kappa shape index (κ1) is 11.1. The highest BCUT2D eigenvalue weighted by molar-refractivity contribution is 9.10. The fraction of sp³-hybridized carbons (Fsp3) is 0. The molecular formula is C16H10BBrO. The highest BCUT2D eigenvalue weighted by Crippen LogP contribution is 2.38. The largest absolute Gasteiger partial charge is 0.464 e. The minimum absolute atomic E-state index is 0.821. The topological polar surface area (TPSA) is 13.1 Å². The third kappa shape index (κ3) is 1.42. The van der Waals surface area contributed by atoms with Crippen LogP contribution in [0, 0.1) is 0 Å². The molecule has 1 nitrogen and oxygen atoms in total. The van der Waals surface area contributed by atoms with Crippen LogP contribution in [0.4, 0.5) is 0 Å². The van der Waals surface area contributed by atoms with Gasteiger partial charge in [-0.05, 0) is 37.5 Å². The van der Waals surface area contributed by atoms with E-state index in [1.54, 1.807) is 0 Å². The lowest BCUT2D eigenvalue weighted by Crippen LogP contribution is -1.98. The molecule has 0 bridgehead atoms. The van der Waals surface area contributed by atoms with Crippen LogP contribution in [0.15, 0.2) is 57.6 Å². The van der Waals surface area contributed by atoms with E-state index in [4.69, 9.17) is 4.42 Å². The first-order chi connectivity index (χ1) is 9.27. The van der Waals surface area contributed by atoms with Crippen molar-refractivity contribution in [2.24, 2.45) is 0 Å². The molecule has 0 radical (unpaired) electrons. The Morgan fingerprint density at radius 3 is 1.79 bits per heavy atom. The molecule has 0 N–H and O–H groups in total. The molecule has 3 heteroatoms. The van der Waals surface area contributed by atoms with E-state index in [0.29, 0.717) is 0 Å². The molecule has 0 spiro atoms. The van der Waals surface area contributed by atoms with Crippen molar-refractivity contribution >= 4 is 61.8 Å². The van der Waals surface area contributed by atoms with E-state index in [1.165, 1.54) is 32.3 Å². The van der Waals surface area contributed by atoms with Crippen molar-refractivity contribution in [3.8, 4) is 0 Å². The van der Waals surface area contributed by atoms with Gasteiger partial charge >= 0.3 is 0 Å². The first-order valence-electron chi connectivity index (χ1n) is 6.25. The Morgan fingerprint density at radius 1 is 0.737 bits per heavy atom. The van der Waals surface area contributed by atoms with Gasteiger partial charge in [-0.3, -0.25) is 0 Å². The monoisotopic (exact) mass is 308 g/mol. The van der Waals surface area contributed by atoms with Crippen LogP contribution in [0.2, 0.25) is 0 Å². The van der Waals surface area contributed by atoms with Crippen LogP contribution < -0.4 is 5.66 Å². The fourth-order valence-corrected chi connectivity index (χ4v) is 3.60. The summed E-state index contributed by atoms with van der Waals surface area (Å²) < 4.78 is 6.62. The number of benzene rings is 3. The summed E-state index contributed by atoms with van der Waals surface area (Å²) in [4.78, 5) is 0. The maximum atomic E-state index is 5.80. The van der Waals surface area contributed by atoms with Gasteiger partial charge in [0.2, 0.25) is 0 Å². The molecule has 4 rings (SSSR count). The summed E-state index contributed by atoms with van der Waals surface area (Å²) in [7, 11) is 2.02. The molecule has 0 amide bonds. The third-order valence-electron chi connectivity index (χ3n) is 3.72. The summed E-state index contributed by atoms with van der Waals surface area (Å²) in [6.45, 7) is 0. The lowest BCUT2D eigenvalue weighted by Gasteiger charge is -2.06. The van der Waals surface area contributed by atoms with E-state index >= 15 is 0 Å². The second-order valence-corrected chi connectivity index (χ2v) is 5.49. The van der Waals surface area contributed by atoms with Crippen molar-refractivity contribution in [1.82, 2.24) is 0 Å². The molecule has 1 heterocycles. The minimum atomic E-state index is 0.821. The third-order valence-corrected chi connectivity index (χ3v) is 4.28. The Kier molecular flexibility index (Phi) is 2.27. The Hall–Kier alpha value is -1.74. The van der Waals surface area contributed by atoms with Gasteiger partial charge in [0.1, 0.15) is 0 Å². The van der Waals surface area contributed by atoms with E-state index in [9.17, 15) is 0 Å². The lowest BCUT2D eigenvalue weighted by molar-refractivity contribution is 0.580. The van der Waals surface area contributed by atoms with Gasteiger partial charge in [-0.25, -0.2) is 0 Å². The standard InChI is InChI=1S/C16H10BBrO/c17-15-13-11-7-3-1-5-9(11)10-6-2-4-8-12(10)14(13)16(18)19-15/h1-8H,17H2. The minimum Gasteiger partial charge on any atom is -0.464 e. The van der Waals surface area contributed by atoms with Crippen molar-refractivity contribution in [1.29, 1.82) is 0 Å². The van der Waals surface area contributed by atoms with Crippen molar-refractivity contribution in [3.05, 3.63) is 53.2 Å². The zero-order valence-electron chi connectivity index (χ0n) is 10.4. The molecule has 90 valence electrons. The highest BCUT2D eigenvalue weighted by atomic mass is 79.9. The molecule has 0 aliphatic carbocycles. The molecule has 0 saturated heterocycles. The number of rotatable bonds is 0. The zero-order valence-corrected chi connectivity index (χ0v) is 12.0. The second kappa shape index (κ2) is 3.88. The fourth-order valence-electron chi connectivity index (χ4n) is 2.95. The van der Waals surface area contributed by atoms with Gasteiger partial charge in [0.25, 0.3) is 0 Å². The summed E-state index contributed by atoms with van der Waals surface area (Å²) in [5, 5.41) is 7.42. The molecule has 19 heavy (non-hydrogen) atoms. The van der Waals surface area contributed by atoms with Crippen LogP contribution in [0.5, 0.6) is 0 Å². The van der Waals surface area contributed by atoms with Gasteiger partial charge in [-0.2, -0.15) is 0 Å². The summed E-state index contributed by atoms with van der Waals surface area (Å²) in [5.41, 5.74) is 0.962. The van der Waals surface area contributed by atoms with Crippen LogP contribution in [0.1, 0.15) is 0 Å². The summed E-state index contributed by atoms with van der Waals surface area (Å²) in [5.74, 6) is 0. The van der Waals surface area contributed by atoms with Crippen LogP contribution >= 0.6 is 15.9 Å². The second-order valence-electron chi connectivity index (χ2n) is 4.77. The Bertz CT molecular complexity index is 864. The van der Waals surface area contributed by atoms with Crippen LogP contribution in [0.25, 0.3) is 32.3 Å². The highest BCUT2D eigenvalue weighted by Gasteiger charge is 2.15. The van der Waals surface area contributed by atoms with Gasteiger partial charge in [0.05, 0.1) is 5.66 Å². The summed E-state index contributed by atoms with van der Waals surface area (Å²) in [6, 6.07) is 17.0. The van der Waals surface area contributed by atoms with Gasteiger partial charge in [0.15, 0.2) is 12.5 Å². The SMILES string of the molecule is Bc1oc(Br)c2c3ccccc3c3ccccc3c12. The van der Waals surface area contributed by atoms with E-state index in [2.05, 4.69) is 64.5 Å². The quantitative estimate of drug-likeness (QED) is 0.356. The zero-order chi connectivity index (χ0) is 13.0. The molecule has 0 aliphatic heterocycles. The predicted octanol–water partition coefficient (Wildman–Crippen LogP) is 3.76.